The number of benzene rings is 1. The van der Waals surface area contributed by atoms with Gasteiger partial charge in [0.15, 0.2) is 0 Å². The summed E-state index contributed by atoms with van der Waals surface area (Å²) in [5.74, 6) is 0.863. The van der Waals surface area contributed by atoms with Gasteiger partial charge in [0, 0.05) is 0 Å². The lowest BCUT2D eigenvalue weighted by molar-refractivity contribution is 0.281. The smallest absolute Gasteiger partial charge is 0.0642 e. The van der Waals surface area contributed by atoms with Gasteiger partial charge in [-0.05, 0) is 30.6 Å². The van der Waals surface area contributed by atoms with Crippen LogP contribution in [0.15, 0.2) is 30.3 Å². The molecule has 0 amide bonds. The van der Waals surface area contributed by atoms with Gasteiger partial charge in [-0.2, -0.15) is 0 Å². The predicted octanol–water partition coefficient (Wildman–Crippen LogP) is 4.43. The van der Waals surface area contributed by atoms with Crippen molar-refractivity contribution in [3.63, 3.8) is 0 Å². The Kier molecular flexibility index (Phi) is 5.05. The van der Waals surface area contributed by atoms with Crippen LogP contribution in [0.5, 0.6) is 0 Å². The molecule has 0 atom stereocenters. The van der Waals surface area contributed by atoms with Crippen molar-refractivity contribution in [2.75, 3.05) is 0 Å². The van der Waals surface area contributed by atoms with Crippen LogP contribution in [0.2, 0.25) is 6.04 Å². The van der Waals surface area contributed by atoms with Gasteiger partial charge in [-0.1, -0.05) is 74.7 Å². The zero-order valence-electron chi connectivity index (χ0n) is 11.9. The van der Waals surface area contributed by atoms with Crippen LogP contribution in [-0.4, -0.2) is 9.52 Å². The Balaban J connectivity index is 1.90. The van der Waals surface area contributed by atoms with E-state index in [-0.39, 0.29) is 0 Å². The van der Waals surface area contributed by atoms with E-state index in [1.54, 1.807) is 5.19 Å². The molecule has 1 saturated carbocycles. The second kappa shape index (κ2) is 6.56. The molecule has 0 nitrogen and oxygen atoms in total. The first kappa shape index (κ1) is 13.9. The van der Waals surface area contributed by atoms with Crippen molar-refractivity contribution in [1.82, 2.24) is 0 Å². The van der Waals surface area contributed by atoms with Crippen molar-refractivity contribution in [2.45, 2.75) is 58.4 Å². The summed E-state index contributed by atoms with van der Waals surface area (Å²) >= 11 is 0. The maximum atomic E-state index is 2.36. The molecule has 2 radical (unpaired) electrons. The minimum absolute atomic E-state index is 0.693. The Morgan fingerprint density at radius 3 is 2.39 bits per heavy atom. The van der Waals surface area contributed by atoms with Crippen LogP contribution >= 0.6 is 0 Å². The minimum atomic E-state index is 0.693. The lowest BCUT2D eigenvalue weighted by atomic mass is 9.81. The first-order chi connectivity index (χ1) is 8.70. The fourth-order valence-corrected chi connectivity index (χ4v) is 4.62. The van der Waals surface area contributed by atoms with E-state index < -0.39 is 0 Å². The van der Waals surface area contributed by atoms with Crippen LogP contribution in [0.3, 0.4) is 0 Å². The van der Waals surface area contributed by atoms with Gasteiger partial charge in [0.05, 0.1) is 9.52 Å². The van der Waals surface area contributed by atoms with Gasteiger partial charge in [-0.25, -0.2) is 0 Å². The molecule has 0 N–H and O–H groups in total. The predicted molar refractivity (Wildman–Crippen MR) is 81.6 cm³/mol. The normalized spacial score (nSPS) is 18.4. The zero-order valence-corrected chi connectivity index (χ0v) is 12.9. The van der Waals surface area contributed by atoms with Gasteiger partial charge in [-0.15, -0.1) is 0 Å². The molecular weight excluding hydrogens is 232 g/mol. The number of hydrogen-bond acceptors (Lipinski definition) is 0. The van der Waals surface area contributed by atoms with Crippen molar-refractivity contribution in [1.29, 1.82) is 0 Å². The van der Waals surface area contributed by atoms with Gasteiger partial charge >= 0.3 is 0 Å². The lowest BCUT2D eigenvalue weighted by Gasteiger charge is -2.29. The number of hydrogen-bond donors (Lipinski definition) is 0. The van der Waals surface area contributed by atoms with Crippen LogP contribution in [-0.2, 0) is 0 Å². The molecule has 0 spiro atoms. The summed E-state index contributed by atoms with van der Waals surface area (Å²) in [6.07, 6.45) is 8.79. The van der Waals surface area contributed by atoms with Crippen LogP contribution in [0.4, 0.5) is 0 Å². The summed E-state index contributed by atoms with van der Waals surface area (Å²) in [5, 5.41) is 1.55. The molecule has 1 heteroatoms. The van der Waals surface area contributed by atoms with Crippen molar-refractivity contribution in [3.8, 4) is 0 Å². The molecule has 0 saturated heterocycles. The van der Waals surface area contributed by atoms with Gasteiger partial charge in [0.2, 0.25) is 0 Å². The van der Waals surface area contributed by atoms with E-state index in [1.807, 2.05) is 0 Å². The molecule has 0 heterocycles. The average molecular weight is 258 g/mol. The monoisotopic (exact) mass is 258 g/mol. The van der Waals surface area contributed by atoms with E-state index in [2.05, 4.69) is 44.2 Å². The highest BCUT2D eigenvalue weighted by atomic mass is 28.2. The maximum absolute atomic E-state index is 2.36. The average Bonchev–Trinajstić information content (AvgIpc) is 2.85. The zero-order chi connectivity index (χ0) is 12.8. The summed E-state index contributed by atoms with van der Waals surface area (Å²) in [4.78, 5) is 0. The summed E-state index contributed by atoms with van der Waals surface area (Å²) in [5.41, 5.74) is 0.693. The highest BCUT2D eigenvalue weighted by molar-refractivity contribution is 6.53. The third-order valence-electron chi connectivity index (χ3n) is 4.36. The highest BCUT2D eigenvalue weighted by Gasteiger charge is 2.33. The summed E-state index contributed by atoms with van der Waals surface area (Å²) in [6, 6.07) is 12.5. The van der Waals surface area contributed by atoms with Crippen LogP contribution < -0.4 is 5.19 Å². The summed E-state index contributed by atoms with van der Waals surface area (Å²) < 4.78 is 0. The second-order valence-corrected chi connectivity index (χ2v) is 7.64. The molecule has 1 fully saturated rings. The standard InChI is InChI=1S/C17H26Si/c1-15(2)10-13-17(11-6-7-12-17)14-18-16-8-4-3-5-9-16/h3-5,8-9,15H,6-7,10-14H2,1-2H3. The molecule has 2 rings (SSSR count). The van der Waals surface area contributed by atoms with E-state index in [9.17, 15) is 0 Å². The quantitative estimate of drug-likeness (QED) is 0.662. The Bertz CT molecular complexity index is 336. The Morgan fingerprint density at radius 1 is 1.11 bits per heavy atom. The minimum Gasteiger partial charge on any atom is -0.0642 e. The molecule has 1 aliphatic carbocycles. The molecule has 1 aromatic rings. The van der Waals surface area contributed by atoms with Crippen LogP contribution in [0.25, 0.3) is 0 Å². The first-order valence-corrected chi connectivity index (χ1v) is 8.70. The van der Waals surface area contributed by atoms with E-state index in [0.29, 0.717) is 5.41 Å². The van der Waals surface area contributed by atoms with Gasteiger partial charge in [-0.3, -0.25) is 0 Å². The highest BCUT2D eigenvalue weighted by Crippen LogP contribution is 2.45. The van der Waals surface area contributed by atoms with E-state index >= 15 is 0 Å². The molecule has 0 aliphatic heterocycles. The van der Waals surface area contributed by atoms with Gasteiger partial charge in [0.25, 0.3) is 0 Å². The largest absolute Gasteiger partial charge is 0.0813 e. The van der Waals surface area contributed by atoms with Gasteiger partial charge in [0.1, 0.15) is 0 Å². The van der Waals surface area contributed by atoms with Crippen molar-refractivity contribution < 1.29 is 0 Å². The molecular formula is C17H26Si. The first-order valence-electron chi connectivity index (χ1n) is 7.49. The van der Waals surface area contributed by atoms with Crippen LogP contribution in [0, 0.1) is 11.3 Å². The number of rotatable bonds is 6. The molecule has 0 aromatic heterocycles. The van der Waals surface area contributed by atoms with Crippen LogP contribution in [0.1, 0.15) is 52.4 Å². The second-order valence-electron chi connectivity index (χ2n) is 6.36. The Morgan fingerprint density at radius 2 is 1.78 bits per heavy atom. The summed E-state index contributed by atoms with van der Waals surface area (Å²) in [7, 11) is 1.01. The van der Waals surface area contributed by atoms with Crippen molar-refractivity contribution >= 4 is 14.7 Å². The third kappa shape index (κ3) is 3.98. The molecule has 0 bridgehead atoms. The molecule has 1 aromatic carbocycles. The van der Waals surface area contributed by atoms with E-state index in [0.717, 1.165) is 15.4 Å². The maximum Gasteiger partial charge on any atom is 0.0813 e. The summed E-state index contributed by atoms with van der Waals surface area (Å²) in [6.45, 7) is 4.73. The molecule has 1 aliphatic rings. The van der Waals surface area contributed by atoms with Crippen molar-refractivity contribution in [2.24, 2.45) is 11.3 Å². The Hall–Kier alpha value is -0.563. The third-order valence-corrected chi connectivity index (χ3v) is 6.03. The SMILES string of the molecule is CC(C)CCC1(C[Si]c2ccccc2)CCCC1. The topological polar surface area (TPSA) is 0 Å². The fraction of sp³-hybridized carbons (Fsp3) is 0.647. The molecule has 98 valence electrons. The fourth-order valence-electron chi connectivity index (χ4n) is 3.08. The van der Waals surface area contributed by atoms with E-state index in [4.69, 9.17) is 0 Å². The van der Waals surface area contributed by atoms with Crippen molar-refractivity contribution in [3.05, 3.63) is 30.3 Å². The Labute approximate surface area is 115 Å². The molecule has 18 heavy (non-hydrogen) atoms. The van der Waals surface area contributed by atoms with Gasteiger partial charge < -0.3 is 0 Å². The van der Waals surface area contributed by atoms with E-state index in [1.165, 1.54) is 44.6 Å². The molecule has 0 unspecified atom stereocenters. The lowest BCUT2D eigenvalue weighted by Crippen LogP contribution is -2.24.